The van der Waals surface area contributed by atoms with Crippen LogP contribution in [0, 0.1) is 0 Å². The summed E-state index contributed by atoms with van der Waals surface area (Å²) < 4.78 is 0. The van der Waals surface area contributed by atoms with E-state index in [0.717, 1.165) is 12.4 Å². The zero-order chi connectivity index (χ0) is 6.53. The third kappa shape index (κ3) is 1.68. The van der Waals surface area contributed by atoms with Crippen LogP contribution in [0.4, 0.5) is 0 Å². The average Bonchev–Trinajstić information content (AvgIpc) is 2.34. The smallest absolute Gasteiger partial charge is 0.147 e. The molecule has 9 heavy (non-hydrogen) atoms. The first-order valence-electron chi connectivity index (χ1n) is 2.92. The molecule has 0 aromatic carbocycles. The normalized spacial score (nSPS) is 10.8. The van der Waals surface area contributed by atoms with Crippen LogP contribution in [0.5, 0.6) is 0 Å². The lowest BCUT2D eigenvalue weighted by atomic mass is 10.6. The van der Waals surface area contributed by atoms with Crippen molar-refractivity contribution in [1.82, 2.24) is 9.97 Å². The number of nitrogens with one attached hydrogen (secondary N) is 1. The summed E-state index contributed by atoms with van der Waals surface area (Å²) in [6.07, 6.45) is 5.20. The Balaban J connectivity index is 2.57. The number of aromatic amines is 1. The number of rotatable bonds is 2. The van der Waals surface area contributed by atoms with E-state index < -0.39 is 0 Å². The Labute approximate surface area is 53.9 Å². The molecule has 0 radical (unpaired) electrons. The van der Waals surface area contributed by atoms with Crippen molar-refractivity contribution in [3.05, 3.63) is 18.2 Å². The van der Waals surface area contributed by atoms with Crippen LogP contribution < -0.4 is 0 Å². The summed E-state index contributed by atoms with van der Waals surface area (Å²) >= 11 is 0. The number of hydrogen-bond donors (Lipinski definition) is 1. The predicted octanol–water partition coefficient (Wildman–Crippen LogP) is 0.849. The molecule has 0 saturated carbocycles. The molecule has 48 valence electrons. The summed E-state index contributed by atoms with van der Waals surface area (Å²) in [6, 6.07) is 0. The van der Waals surface area contributed by atoms with E-state index in [0.29, 0.717) is 0 Å². The molecule has 3 heteroatoms. The molecule has 0 aliphatic rings. The molecule has 0 saturated heterocycles. The molecule has 1 N–H and O–H groups in total. The Hall–Kier alpha value is -1.12. The quantitative estimate of drug-likeness (QED) is 0.582. The fraction of sp³-hybridized carbons (Fsp3) is 0.333. The van der Waals surface area contributed by atoms with Gasteiger partial charge >= 0.3 is 0 Å². The SMILES string of the molecule is CC/N=C/c1ncc[nH]1. The van der Waals surface area contributed by atoms with Crippen LogP contribution in [0.1, 0.15) is 12.7 Å². The van der Waals surface area contributed by atoms with E-state index in [1.807, 2.05) is 6.92 Å². The minimum Gasteiger partial charge on any atom is -0.344 e. The maximum atomic E-state index is 4.00. The number of H-pyrrole nitrogens is 1. The molecular weight excluding hydrogens is 114 g/mol. The lowest BCUT2D eigenvalue weighted by Gasteiger charge is -1.79. The van der Waals surface area contributed by atoms with E-state index in [2.05, 4.69) is 15.0 Å². The third-order valence-corrected chi connectivity index (χ3v) is 0.916. The van der Waals surface area contributed by atoms with Gasteiger partial charge in [0.05, 0.1) is 6.21 Å². The van der Waals surface area contributed by atoms with Gasteiger partial charge in [-0.25, -0.2) is 4.98 Å². The van der Waals surface area contributed by atoms with Crippen LogP contribution in [-0.4, -0.2) is 22.7 Å². The van der Waals surface area contributed by atoms with Gasteiger partial charge in [0.2, 0.25) is 0 Å². The molecule has 0 bridgehead atoms. The van der Waals surface area contributed by atoms with Crippen molar-refractivity contribution in [2.45, 2.75) is 6.92 Å². The summed E-state index contributed by atoms with van der Waals surface area (Å²) in [5.74, 6) is 0.817. The number of hydrogen-bond acceptors (Lipinski definition) is 2. The zero-order valence-corrected chi connectivity index (χ0v) is 5.33. The molecule has 0 aliphatic carbocycles. The zero-order valence-electron chi connectivity index (χ0n) is 5.33. The maximum Gasteiger partial charge on any atom is 0.147 e. The van der Waals surface area contributed by atoms with Gasteiger partial charge in [0.25, 0.3) is 0 Å². The largest absolute Gasteiger partial charge is 0.344 e. The summed E-state index contributed by atoms with van der Waals surface area (Å²) in [5.41, 5.74) is 0. The molecule has 0 spiro atoms. The molecule has 0 amide bonds. The lowest BCUT2D eigenvalue weighted by Crippen LogP contribution is -1.83. The standard InChI is InChI=1S/C6H9N3/c1-2-7-5-6-8-3-4-9-6/h3-5H,2H2,1H3,(H,8,9)/b7-5+. The van der Waals surface area contributed by atoms with Gasteiger partial charge in [0, 0.05) is 18.9 Å². The van der Waals surface area contributed by atoms with Gasteiger partial charge in [0.15, 0.2) is 0 Å². The number of aliphatic imine (C=N–C) groups is 1. The first-order chi connectivity index (χ1) is 4.43. The minimum atomic E-state index is 0.806. The number of aromatic nitrogens is 2. The van der Waals surface area contributed by atoms with Crippen LogP contribution in [0.2, 0.25) is 0 Å². The Kier molecular flexibility index (Phi) is 2.01. The molecule has 1 aromatic heterocycles. The Morgan fingerprint density at radius 2 is 2.78 bits per heavy atom. The highest BCUT2D eigenvalue weighted by Gasteiger charge is 1.82. The van der Waals surface area contributed by atoms with Gasteiger partial charge in [-0.15, -0.1) is 0 Å². The molecule has 0 fully saturated rings. The van der Waals surface area contributed by atoms with E-state index in [9.17, 15) is 0 Å². The molecule has 3 nitrogen and oxygen atoms in total. The van der Waals surface area contributed by atoms with E-state index in [4.69, 9.17) is 0 Å². The molecule has 1 aromatic rings. The first-order valence-corrected chi connectivity index (χ1v) is 2.92. The van der Waals surface area contributed by atoms with Gasteiger partial charge in [0.1, 0.15) is 5.82 Å². The van der Waals surface area contributed by atoms with Crippen molar-refractivity contribution in [3.8, 4) is 0 Å². The second-order valence-corrected chi connectivity index (χ2v) is 1.60. The Morgan fingerprint density at radius 1 is 1.89 bits per heavy atom. The first kappa shape index (κ1) is 6.01. The Morgan fingerprint density at radius 3 is 3.33 bits per heavy atom. The van der Waals surface area contributed by atoms with Crippen molar-refractivity contribution in [1.29, 1.82) is 0 Å². The Bertz CT molecular complexity index is 176. The van der Waals surface area contributed by atoms with Crippen LogP contribution in [0.15, 0.2) is 17.4 Å². The second-order valence-electron chi connectivity index (χ2n) is 1.60. The summed E-state index contributed by atoms with van der Waals surface area (Å²) in [6.45, 7) is 2.79. The minimum absolute atomic E-state index is 0.806. The van der Waals surface area contributed by atoms with Gasteiger partial charge in [-0.1, -0.05) is 0 Å². The van der Waals surface area contributed by atoms with Crippen LogP contribution in [0.3, 0.4) is 0 Å². The molecule has 1 rings (SSSR count). The van der Waals surface area contributed by atoms with Crippen LogP contribution in [0.25, 0.3) is 0 Å². The molecule has 1 heterocycles. The lowest BCUT2D eigenvalue weighted by molar-refractivity contribution is 1.13. The van der Waals surface area contributed by atoms with Crippen LogP contribution >= 0.6 is 0 Å². The highest BCUT2D eigenvalue weighted by Crippen LogP contribution is 1.81. The summed E-state index contributed by atoms with van der Waals surface area (Å²) in [7, 11) is 0. The van der Waals surface area contributed by atoms with Gasteiger partial charge < -0.3 is 4.98 Å². The molecule has 0 atom stereocenters. The van der Waals surface area contributed by atoms with Crippen molar-refractivity contribution >= 4 is 6.21 Å². The van der Waals surface area contributed by atoms with E-state index >= 15 is 0 Å². The van der Waals surface area contributed by atoms with Crippen molar-refractivity contribution in [2.24, 2.45) is 4.99 Å². The molecule has 0 unspecified atom stereocenters. The monoisotopic (exact) mass is 123 g/mol. The van der Waals surface area contributed by atoms with E-state index in [1.54, 1.807) is 18.6 Å². The van der Waals surface area contributed by atoms with E-state index in [1.165, 1.54) is 0 Å². The highest BCUT2D eigenvalue weighted by molar-refractivity contribution is 5.74. The summed E-state index contributed by atoms with van der Waals surface area (Å²) in [4.78, 5) is 10.9. The van der Waals surface area contributed by atoms with Crippen molar-refractivity contribution < 1.29 is 0 Å². The molecule has 0 aliphatic heterocycles. The third-order valence-electron chi connectivity index (χ3n) is 0.916. The predicted molar refractivity (Wildman–Crippen MR) is 36.7 cm³/mol. The van der Waals surface area contributed by atoms with Gasteiger partial charge in [-0.2, -0.15) is 0 Å². The fourth-order valence-electron chi connectivity index (χ4n) is 0.526. The van der Waals surface area contributed by atoms with Crippen LogP contribution in [-0.2, 0) is 0 Å². The van der Waals surface area contributed by atoms with E-state index in [-0.39, 0.29) is 0 Å². The fourth-order valence-corrected chi connectivity index (χ4v) is 0.526. The van der Waals surface area contributed by atoms with Crippen molar-refractivity contribution in [2.75, 3.05) is 6.54 Å². The topological polar surface area (TPSA) is 41.0 Å². The molecular formula is C6H9N3. The highest BCUT2D eigenvalue weighted by atomic mass is 14.9. The van der Waals surface area contributed by atoms with Crippen molar-refractivity contribution in [3.63, 3.8) is 0 Å². The maximum absolute atomic E-state index is 4.00. The van der Waals surface area contributed by atoms with Gasteiger partial charge in [-0.05, 0) is 6.92 Å². The van der Waals surface area contributed by atoms with Gasteiger partial charge in [-0.3, -0.25) is 4.99 Å². The number of imidazole rings is 1. The summed E-state index contributed by atoms with van der Waals surface area (Å²) in [5, 5.41) is 0. The number of nitrogens with zero attached hydrogens (tertiary/aromatic N) is 2. The average molecular weight is 123 g/mol. The second kappa shape index (κ2) is 3.02.